The number of benzene rings is 1. The zero-order valence-corrected chi connectivity index (χ0v) is 13.1. The van der Waals surface area contributed by atoms with E-state index in [0.29, 0.717) is 5.92 Å². The minimum Gasteiger partial charge on any atom is -0.497 e. The van der Waals surface area contributed by atoms with Crippen molar-refractivity contribution in [1.82, 2.24) is 5.32 Å². The van der Waals surface area contributed by atoms with Gasteiger partial charge in [0.15, 0.2) is 0 Å². The van der Waals surface area contributed by atoms with Crippen LogP contribution in [0.25, 0.3) is 0 Å². The molecular formula is C15H23NO3S. The summed E-state index contributed by atoms with van der Waals surface area (Å²) in [7, 11) is 2.96. The average molecular weight is 297 g/mol. The summed E-state index contributed by atoms with van der Waals surface area (Å²) in [5, 5.41) is 12.6. The largest absolute Gasteiger partial charge is 0.497 e. The molecule has 1 aliphatic heterocycles. The maximum atomic E-state index is 11.5. The molecule has 1 aromatic rings. The van der Waals surface area contributed by atoms with Gasteiger partial charge in [0.05, 0.1) is 7.11 Å². The highest BCUT2D eigenvalue weighted by atomic mass is 32.2. The molecule has 0 aromatic heterocycles. The van der Waals surface area contributed by atoms with Gasteiger partial charge in [-0.2, -0.15) is 0 Å². The summed E-state index contributed by atoms with van der Waals surface area (Å²) in [5.74, 6) is 1.65. The van der Waals surface area contributed by atoms with Crippen molar-refractivity contribution in [3.05, 3.63) is 24.3 Å². The molecule has 1 saturated heterocycles. The predicted molar refractivity (Wildman–Crippen MR) is 83.2 cm³/mol. The number of thiol groups is 1. The van der Waals surface area contributed by atoms with Gasteiger partial charge in [-0.1, -0.05) is 6.92 Å². The van der Waals surface area contributed by atoms with Crippen LogP contribution in [0.15, 0.2) is 29.2 Å². The zero-order valence-electron chi connectivity index (χ0n) is 12.2. The van der Waals surface area contributed by atoms with E-state index in [2.05, 4.69) is 24.4 Å². The summed E-state index contributed by atoms with van der Waals surface area (Å²) in [6, 6.07) is 7.65. The van der Waals surface area contributed by atoms with Crippen molar-refractivity contribution in [2.75, 3.05) is 19.9 Å². The van der Waals surface area contributed by atoms with E-state index in [4.69, 9.17) is 4.74 Å². The Hall–Kier alpha value is -1.20. The molecule has 1 aromatic carbocycles. The van der Waals surface area contributed by atoms with Gasteiger partial charge in [0.25, 0.3) is 0 Å². The van der Waals surface area contributed by atoms with Gasteiger partial charge in [0, 0.05) is 5.25 Å². The first kappa shape index (κ1) is 15.2. The van der Waals surface area contributed by atoms with Crippen LogP contribution in [-0.2, 0) is 4.79 Å². The third-order valence-corrected chi connectivity index (χ3v) is 7.32. The van der Waals surface area contributed by atoms with Crippen molar-refractivity contribution in [2.45, 2.75) is 29.5 Å². The van der Waals surface area contributed by atoms with Crippen molar-refractivity contribution in [1.29, 1.82) is 0 Å². The lowest BCUT2D eigenvalue weighted by Crippen LogP contribution is -2.45. The summed E-state index contributed by atoms with van der Waals surface area (Å²) in [6.45, 7) is 2.17. The first-order chi connectivity index (χ1) is 9.58. The Morgan fingerprint density at radius 3 is 2.60 bits per heavy atom. The Labute approximate surface area is 122 Å². The van der Waals surface area contributed by atoms with Gasteiger partial charge in [-0.3, -0.25) is 4.79 Å². The van der Waals surface area contributed by atoms with E-state index >= 15 is 0 Å². The maximum absolute atomic E-state index is 11.5. The summed E-state index contributed by atoms with van der Waals surface area (Å²) in [5.41, 5.74) is 0. The molecule has 0 spiro atoms. The second kappa shape index (κ2) is 6.50. The lowest BCUT2D eigenvalue weighted by atomic mass is 9.99. The number of nitrogens with one attached hydrogen (secondary N) is 1. The number of rotatable bonds is 5. The Morgan fingerprint density at radius 2 is 2.10 bits per heavy atom. The highest BCUT2D eigenvalue weighted by Gasteiger charge is 2.40. The van der Waals surface area contributed by atoms with Crippen molar-refractivity contribution >= 4 is 16.9 Å². The highest BCUT2D eigenvalue weighted by Crippen LogP contribution is 2.52. The number of hydrogen-bond donors (Lipinski definition) is 3. The molecule has 1 aliphatic rings. The monoisotopic (exact) mass is 297 g/mol. The summed E-state index contributed by atoms with van der Waals surface area (Å²) < 4.78 is 5.19. The van der Waals surface area contributed by atoms with E-state index in [1.165, 1.54) is 4.90 Å². The van der Waals surface area contributed by atoms with Crippen molar-refractivity contribution in [3.8, 4) is 5.75 Å². The second-order valence-corrected chi connectivity index (χ2v) is 7.75. The number of methoxy groups -OCH3 is 1. The quantitative estimate of drug-likeness (QED) is 0.729. The van der Waals surface area contributed by atoms with E-state index in [9.17, 15) is 9.90 Å². The van der Waals surface area contributed by atoms with Crippen LogP contribution >= 0.6 is 10.9 Å². The lowest BCUT2D eigenvalue weighted by Gasteiger charge is -2.31. The number of hydrogen-bond acceptors (Lipinski definition) is 3. The van der Waals surface area contributed by atoms with E-state index in [-0.39, 0.29) is 5.25 Å². The third-order valence-electron chi connectivity index (χ3n) is 4.09. The molecule has 20 heavy (non-hydrogen) atoms. The topological polar surface area (TPSA) is 58.6 Å². The highest BCUT2D eigenvalue weighted by molar-refractivity contribution is 8.17. The molecule has 0 radical (unpaired) electrons. The molecule has 4 nitrogen and oxygen atoms in total. The number of ether oxygens (including phenoxy) is 1. The standard InChI is InChI=1S/C15H23NO3S/c1-10-8-9-20(14(10)13(16-2)15(17)18)12-6-4-11(19-3)5-7-12/h4-7,10,13-14,16,20H,8-9H2,1-3H3,(H,17,18)/t10-,13?,14-/m1/s1. The third kappa shape index (κ3) is 2.94. The van der Waals surface area contributed by atoms with Crippen molar-refractivity contribution < 1.29 is 14.6 Å². The van der Waals surface area contributed by atoms with Crippen LogP contribution in [0, 0.1) is 5.92 Å². The molecular weight excluding hydrogens is 274 g/mol. The molecule has 2 N–H and O–H groups in total. The van der Waals surface area contributed by atoms with Crippen LogP contribution in [-0.4, -0.2) is 42.3 Å². The van der Waals surface area contributed by atoms with E-state index in [0.717, 1.165) is 17.9 Å². The van der Waals surface area contributed by atoms with Gasteiger partial charge >= 0.3 is 5.97 Å². The first-order valence-corrected chi connectivity index (χ1v) is 8.49. The summed E-state index contributed by atoms with van der Waals surface area (Å²) in [6.07, 6.45) is 1.11. The van der Waals surface area contributed by atoms with Gasteiger partial charge in [-0.15, -0.1) is 0 Å². The van der Waals surface area contributed by atoms with Gasteiger partial charge in [-0.25, -0.2) is 10.9 Å². The van der Waals surface area contributed by atoms with Gasteiger partial charge in [0.2, 0.25) is 0 Å². The Morgan fingerprint density at radius 1 is 1.45 bits per heavy atom. The molecule has 0 bridgehead atoms. The lowest BCUT2D eigenvalue weighted by molar-refractivity contribution is -0.139. The van der Waals surface area contributed by atoms with Gasteiger partial charge in [0.1, 0.15) is 11.8 Å². The van der Waals surface area contributed by atoms with Crippen molar-refractivity contribution in [2.24, 2.45) is 5.92 Å². The average Bonchev–Trinajstić information content (AvgIpc) is 2.82. The number of likely N-dealkylation sites (N-methyl/N-ethyl adjacent to an activating group) is 1. The Kier molecular flexibility index (Phi) is 4.94. The smallest absolute Gasteiger partial charge is 0.321 e. The molecule has 0 aliphatic carbocycles. The molecule has 1 fully saturated rings. The first-order valence-electron chi connectivity index (χ1n) is 6.89. The van der Waals surface area contributed by atoms with Crippen LogP contribution in [0.2, 0.25) is 0 Å². The van der Waals surface area contributed by atoms with Crippen LogP contribution in [0.5, 0.6) is 5.75 Å². The number of carboxylic acids is 1. The number of aliphatic carboxylic acids is 1. The Bertz CT molecular complexity index is 463. The molecule has 0 amide bonds. The fourth-order valence-corrected chi connectivity index (χ4v) is 6.51. The fourth-order valence-electron chi connectivity index (χ4n) is 2.99. The molecule has 5 heteroatoms. The van der Waals surface area contributed by atoms with Crippen molar-refractivity contribution in [3.63, 3.8) is 0 Å². The molecule has 0 saturated carbocycles. The summed E-state index contributed by atoms with van der Waals surface area (Å²) >= 11 is 0. The normalized spacial score (nSPS) is 29.1. The van der Waals surface area contributed by atoms with Gasteiger partial charge < -0.3 is 15.2 Å². The molecule has 112 valence electrons. The zero-order chi connectivity index (χ0) is 14.7. The van der Waals surface area contributed by atoms with Gasteiger partial charge in [-0.05, 0) is 54.3 Å². The molecule has 1 heterocycles. The second-order valence-electron chi connectivity index (χ2n) is 5.25. The maximum Gasteiger partial charge on any atom is 0.321 e. The van der Waals surface area contributed by atoms with Crippen LogP contribution in [0.4, 0.5) is 0 Å². The number of carboxylic acid groups (broad SMARTS) is 1. The van der Waals surface area contributed by atoms with Crippen LogP contribution in [0.3, 0.4) is 0 Å². The minimum atomic E-state index is -0.743. The SMILES string of the molecule is CNC(C(=O)O)[C@H]1[C@H](C)CC[SH]1c1ccc(OC)cc1. The van der Waals surface area contributed by atoms with E-state index in [1.807, 2.05) is 12.1 Å². The van der Waals surface area contributed by atoms with E-state index < -0.39 is 22.9 Å². The number of carbonyl (C=O) groups is 1. The Balaban J connectivity index is 2.26. The fraction of sp³-hybridized carbons (Fsp3) is 0.533. The molecule has 2 rings (SSSR count). The predicted octanol–water partition coefficient (Wildman–Crippen LogP) is 2.14. The van der Waals surface area contributed by atoms with E-state index in [1.54, 1.807) is 14.2 Å². The molecule has 2 unspecified atom stereocenters. The summed E-state index contributed by atoms with van der Waals surface area (Å²) in [4.78, 5) is 12.7. The minimum absolute atomic E-state index is 0.195. The van der Waals surface area contributed by atoms with Crippen LogP contribution < -0.4 is 10.1 Å². The van der Waals surface area contributed by atoms with Crippen LogP contribution in [0.1, 0.15) is 13.3 Å². The molecule has 4 atom stereocenters.